The number of hydrogen-bond acceptors (Lipinski definition) is 3. The zero-order valence-corrected chi connectivity index (χ0v) is 16.9. The number of aryl methyl sites for hydroxylation is 2. The third-order valence-corrected chi connectivity index (χ3v) is 5.99. The minimum atomic E-state index is -4.56. The maximum atomic E-state index is 12.7. The number of sulfonamides is 1. The van der Waals surface area contributed by atoms with Crippen molar-refractivity contribution in [2.24, 2.45) is 0 Å². The minimum absolute atomic E-state index is 0.161. The van der Waals surface area contributed by atoms with Gasteiger partial charge in [0.25, 0.3) is 10.0 Å². The van der Waals surface area contributed by atoms with Crippen LogP contribution in [0.3, 0.4) is 0 Å². The highest BCUT2D eigenvalue weighted by molar-refractivity contribution is 7.92. The van der Waals surface area contributed by atoms with E-state index < -0.39 is 27.7 Å². The summed E-state index contributed by atoms with van der Waals surface area (Å²) in [5.41, 5.74) is 0.972. The molecule has 162 valence electrons. The fraction of sp³-hybridized carbons (Fsp3) is 0.136. The zero-order chi connectivity index (χ0) is 22.6. The Labute approximate surface area is 177 Å². The molecule has 0 unspecified atom stereocenters. The van der Waals surface area contributed by atoms with Gasteiger partial charge in [0.2, 0.25) is 0 Å². The molecule has 0 aliphatic rings. The second-order valence-corrected chi connectivity index (χ2v) is 8.47. The van der Waals surface area contributed by atoms with Gasteiger partial charge in [0.15, 0.2) is 0 Å². The Kier molecular flexibility index (Phi) is 6.35. The first-order valence-corrected chi connectivity index (χ1v) is 10.6. The molecule has 0 heterocycles. The van der Waals surface area contributed by atoms with Crippen molar-refractivity contribution < 1.29 is 31.5 Å². The number of carboxylic acid groups (broad SMARTS) is 1. The molecule has 5 nitrogen and oxygen atoms in total. The Morgan fingerprint density at radius 2 is 1.58 bits per heavy atom. The molecule has 3 aromatic rings. The molecule has 0 saturated heterocycles. The van der Waals surface area contributed by atoms with Crippen LogP contribution in [0.15, 0.2) is 77.7 Å². The van der Waals surface area contributed by atoms with Gasteiger partial charge in [-0.05, 0) is 66.4 Å². The van der Waals surface area contributed by atoms with Crippen molar-refractivity contribution in [3.63, 3.8) is 0 Å². The molecule has 0 spiro atoms. The van der Waals surface area contributed by atoms with Crippen LogP contribution in [0.1, 0.15) is 27.0 Å². The van der Waals surface area contributed by atoms with Crippen molar-refractivity contribution in [1.29, 1.82) is 0 Å². The van der Waals surface area contributed by atoms with Crippen LogP contribution in [0, 0.1) is 0 Å². The van der Waals surface area contributed by atoms with Gasteiger partial charge in [0, 0.05) is 0 Å². The number of rotatable bonds is 7. The molecule has 0 atom stereocenters. The molecule has 0 radical (unpaired) electrons. The normalized spacial score (nSPS) is 11.8. The molecule has 0 aliphatic heterocycles. The first-order chi connectivity index (χ1) is 14.6. The number of benzene rings is 3. The highest BCUT2D eigenvalue weighted by Crippen LogP contribution is 2.30. The number of para-hydroxylation sites is 1. The van der Waals surface area contributed by atoms with Gasteiger partial charge in [-0.2, -0.15) is 13.2 Å². The predicted molar refractivity (Wildman–Crippen MR) is 110 cm³/mol. The molecule has 0 bridgehead atoms. The first kappa shape index (κ1) is 22.4. The van der Waals surface area contributed by atoms with E-state index in [-0.39, 0.29) is 10.5 Å². The second kappa shape index (κ2) is 8.81. The van der Waals surface area contributed by atoms with Crippen molar-refractivity contribution in [3.05, 3.63) is 95.1 Å². The average molecular weight is 449 g/mol. The third kappa shape index (κ3) is 5.64. The smallest absolute Gasteiger partial charge is 0.416 e. The van der Waals surface area contributed by atoms with Crippen molar-refractivity contribution in [1.82, 2.24) is 0 Å². The summed E-state index contributed by atoms with van der Waals surface area (Å²) in [4.78, 5) is 10.8. The summed E-state index contributed by atoms with van der Waals surface area (Å²) in [5.74, 6) is -1.04. The van der Waals surface area contributed by atoms with E-state index in [1.165, 1.54) is 6.07 Å². The summed E-state index contributed by atoms with van der Waals surface area (Å²) in [5, 5.41) is 9.10. The number of anilines is 1. The van der Waals surface area contributed by atoms with Gasteiger partial charge in [-0.1, -0.05) is 30.3 Å². The van der Waals surface area contributed by atoms with E-state index in [0.29, 0.717) is 24.1 Å². The Morgan fingerprint density at radius 1 is 0.903 bits per heavy atom. The summed E-state index contributed by atoms with van der Waals surface area (Å²) in [6, 6.07) is 16.4. The maximum Gasteiger partial charge on any atom is 0.416 e. The van der Waals surface area contributed by atoms with Crippen molar-refractivity contribution in [2.45, 2.75) is 23.9 Å². The summed E-state index contributed by atoms with van der Waals surface area (Å²) >= 11 is 0. The third-order valence-electron chi connectivity index (χ3n) is 4.61. The quantitative estimate of drug-likeness (QED) is 0.532. The molecule has 0 aliphatic carbocycles. The number of carbonyl (C=O) groups is 1. The van der Waals surface area contributed by atoms with E-state index in [1.54, 1.807) is 42.5 Å². The Bertz CT molecular complexity index is 1190. The Morgan fingerprint density at radius 3 is 2.23 bits per heavy atom. The lowest BCUT2D eigenvalue weighted by Gasteiger charge is -2.14. The standard InChI is InChI=1S/C22H18F3NO4S/c23-22(24,25)18-10-12-19(13-11-18)31(29,30)26-20-7-2-1-5-16(20)9-8-15-4-3-6-17(14-15)21(27)28/h1-7,10-14,26H,8-9H2,(H,27,28). The van der Waals surface area contributed by atoms with Crippen molar-refractivity contribution >= 4 is 21.7 Å². The van der Waals surface area contributed by atoms with E-state index in [2.05, 4.69) is 4.72 Å². The molecule has 2 N–H and O–H groups in total. The van der Waals surface area contributed by atoms with Gasteiger partial charge in [-0.15, -0.1) is 0 Å². The average Bonchev–Trinajstić information content (AvgIpc) is 2.72. The number of nitrogens with one attached hydrogen (secondary N) is 1. The second-order valence-electron chi connectivity index (χ2n) is 6.79. The van der Waals surface area contributed by atoms with Gasteiger partial charge >= 0.3 is 12.1 Å². The van der Waals surface area contributed by atoms with Gasteiger partial charge in [0.05, 0.1) is 21.7 Å². The first-order valence-electron chi connectivity index (χ1n) is 9.16. The van der Waals surface area contributed by atoms with Gasteiger partial charge < -0.3 is 5.11 Å². The van der Waals surface area contributed by atoms with E-state index in [1.807, 2.05) is 0 Å². The van der Waals surface area contributed by atoms with E-state index in [4.69, 9.17) is 5.11 Å². The molecule has 31 heavy (non-hydrogen) atoms. The van der Waals surface area contributed by atoms with Crippen LogP contribution in [-0.2, 0) is 29.0 Å². The van der Waals surface area contributed by atoms with Gasteiger partial charge in [-0.25, -0.2) is 13.2 Å². The molecule has 3 rings (SSSR count). The van der Waals surface area contributed by atoms with Crippen LogP contribution < -0.4 is 4.72 Å². The molecule has 0 aromatic heterocycles. The van der Waals surface area contributed by atoms with Gasteiger partial charge in [-0.3, -0.25) is 4.72 Å². The predicted octanol–water partition coefficient (Wildman–Crippen LogP) is 4.99. The Balaban J connectivity index is 1.78. The van der Waals surface area contributed by atoms with E-state index >= 15 is 0 Å². The highest BCUT2D eigenvalue weighted by atomic mass is 32.2. The number of carboxylic acids is 1. The van der Waals surface area contributed by atoms with Crippen molar-refractivity contribution in [3.8, 4) is 0 Å². The lowest BCUT2D eigenvalue weighted by molar-refractivity contribution is -0.137. The monoisotopic (exact) mass is 449 g/mol. The molecule has 0 amide bonds. The fourth-order valence-electron chi connectivity index (χ4n) is 3.00. The largest absolute Gasteiger partial charge is 0.478 e. The summed E-state index contributed by atoms with van der Waals surface area (Å²) in [6.07, 6.45) is -3.66. The Hall–Kier alpha value is -3.33. The summed E-state index contributed by atoms with van der Waals surface area (Å²) in [6.45, 7) is 0. The summed E-state index contributed by atoms with van der Waals surface area (Å²) in [7, 11) is -4.09. The topological polar surface area (TPSA) is 83.5 Å². The van der Waals surface area contributed by atoms with E-state index in [9.17, 15) is 26.4 Å². The number of aromatic carboxylic acids is 1. The molecular formula is C22H18F3NO4S. The van der Waals surface area contributed by atoms with Crippen LogP contribution in [-0.4, -0.2) is 19.5 Å². The van der Waals surface area contributed by atoms with Crippen LogP contribution in [0.2, 0.25) is 0 Å². The number of alkyl halides is 3. The van der Waals surface area contributed by atoms with Crippen LogP contribution >= 0.6 is 0 Å². The highest BCUT2D eigenvalue weighted by Gasteiger charge is 2.30. The minimum Gasteiger partial charge on any atom is -0.478 e. The zero-order valence-electron chi connectivity index (χ0n) is 16.1. The SMILES string of the molecule is O=C(O)c1cccc(CCc2ccccc2NS(=O)(=O)c2ccc(C(F)(F)F)cc2)c1. The summed E-state index contributed by atoms with van der Waals surface area (Å²) < 4.78 is 65.9. The molecule has 9 heteroatoms. The van der Waals surface area contributed by atoms with Crippen LogP contribution in [0.25, 0.3) is 0 Å². The number of halogens is 3. The van der Waals surface area contributed by atoms with E-state index in [0.717, 1.165) is 29.8 Å². The molecule has 0 saturated carbocycles. The maximum absolute atomic E-state index is 12.7. The van der Waals surface area contributed by atoms with Crippen LogP contribution in [0.5, 0.6) is 0 Å². The van der Waals surface area contributed by atoms with Gasteiger partial charge in [0.1, 0.15) is 0 Å². The molecule has 0 fully saturated rings. The van der Waals surface area contributed by atoms with Crippen LogP contribution in [0.4, 0.5) is 18.9 Å². The fourth-order valence-corrected chi connectivity index (χ4v) is 4.10. The van der Waals surface area contributed by atoms with Crippen molar-refractivity contribution in [2.75, 3.05) is 4.72 Å². The lowest BCUT2D eigenvalue weighted by atomic mass is 10.0. The molecule has 3 aromatic carbocycles. The molecular weight excluding hydrogens is 431 g/mol. The lowest BCUT2D eigenvalue weighted by Crippen LogP contribution is -2.15. The number of hydrogen-bond donors (Lipinski definition) is 2.